The second kappa shape index (κ2) is 7.33. The molecule has 0 saturated heterocycles. The van der Waals surface area contributed by atoms with Gasteiger partial charge in [0.05, 0.1) is 6.10 Å². The predicted octanol–water partition coefficient (Wildman–Crippen LogP) is 3.87. The fraction of sp³-hybridized carbons (Fsp3) is 0.500. The first-order valence-electron chi connectivity index (χ1n) is 5.54. The predicted molar refractivity (Wildman–Crippen MR) is 67.7 cm³/mol. The van der Waals surface area contributed by atoms with Crippen LogP contribution in [0.1, 0.15) is 12.0 Å². The lowest BCUT2D eigenvalue weighted by atomic mass is 10.1. The van der Waals surface area contributed by atoms with Crippen molar-refractivity contribution >= 4 is 23.2 Å². The summed E-state index contributed by atoms with van der Waals surface area (Å²) < 4.78 is 39.8. The van der Waals surface area contributed by atoms with E-state index >= 15 is 0 Å². The van der Waals surface area contributed by atoms with Crippen molar-refractivity contribution in [1.82, 2.24) is 0 Å². The first-order chi connectivity index (χ1) is 8.78. The molecule has 7 heteroatoms. The van der Waals surface area contributed by atoms with Crippen molar-refractivity contribution < 1.29 is 23.0 Å². The molecule has 0 spiro atoms. The molecule has 0 heterocycles. The molecular weight excluding hydrogens is 304 g/mol. The number of hydrogen-bond acceptors (Lipinski definition) is 2. The molecule has 1 aromatic carbocycles. The number of aliphatic hydroxyl groups excluding tert-OH is 1. The van der Waals surface area contributed by atoms with E-state index < -0.39 is 18.9 Å². The van der Waals surface area contributed by atoms with Crippen molar-refractivity contribution in [2.75, 3.05) is 13.2 Å². The van der Waals surface area contributed by atoms with Crippen LogP contribution >= 0.6 is 23.2 Å². The Bertz CT molecular complexity index is 410. The van der Waals surface area contributed by atoms with Gasteiger partial charge >= 0.3 is 6.18 Å². The Hall–Kier alpha value is -0.490. The molecule has 0 aliphatic heterocycles. The standard InChI is InChI=1S/C12H13Cl2F3O2/c13-9-1-2-11(14)8(5-9)6-10(18)3-4-19-7-12(15,16)17/h1-2,5,10,18H,3-4,6-7H2. The lowest BCUT2D eigenvalue weighted by molar-refractivity contribution is -0.175. The molecule has 19 heavy (non-hydrogen) atoms. The summed E-state index contributed by atoms with van der Waals surface area (Å²) in [4.78, 5) is 0. The number of rotatable bonds is 6. The lowest BCUT2D eigenvalue weighted by Gasteiger charge is -2.13. The number of ether oxygens (including phenoxy) is 1. The minimum absolute atomic E-state index is 0.0962. The van der Waals surface area contributed by atoms with Crippen molar-refractivity contribution in [1.29, 1.82) is 0 Å². The molecule has 0 aliphatic carbocycles. The highest BCUT2D eigenvalue weighted by molar-refractivity contribution is 6.33. The van der Waals surface area contributed by atoms with Gasteiger partial charge < -0.3 is 9.84 Å². The highest BCUT2D eigenvalue weighted by atomic mass is 35.5. The summed E-state index contributed by atoms with van der Waals surface area (Å²) >= 11 is 11.7. The van der Waals surface area contributed by atoms with Crippen LogP contribution in [0.2, 0.25) is 10.0 Å². The van der Waals surface area contributed by atoms with Gasteiger partial charge in [-0.2, -0.15) is 13.2 Å². The minimum atomic E-state index is -4.35. The average molecular weight is 317 g/mol. The molecule has 0 aliphatic rings. The molecule has 0 saturated carbocycles. The van der Waals surface area contributed by atoms with E-state index in [0.717, 1.165) is 0 Å². The number of alkyl halides is 3. The smallest absolute Gasteiger partial charge is 0.393 e. The average Bonchev–Trinajstić information content (AvgIpc) is 2.28. The Morgan fingerprint density at radius 3 is 2.58 bits per heavy atom. The van der Waals surface area contributed by atoms with Crippen LogP contribution in [0.3, 0.4) is 0 Å². The zero-order valence-electron chi connectivity index (χ0n) is 9.88. The van der Waals surface area contributed by atoms with E-state index in [-0.39, 0.29) is 19.4 Å². The molecule has 1 unspecified atom stereocenters. The summed E-state index contributed by atoms with van der Waals surface area (Å²) in [6.45, 7) is -1.48. The molecule has 0 bridgehead atoms. The van der Waals surface area contributed by atoms with Gasteiger partial charge in [-0.3, -0.25) is 0 Å². The van der Waals surface area contributed by atoms with Crippen molar-refractivity contribution in [3.05, 3.63) is 33.8 Å². The molecule has 1 N–H and O–H groups in total. The molecule has 2 nitrogen and oxygen atoms in total. The van der Waals surface area contributed by atoms with E-state index in [1.807, 2.05) is 0 Å². The van der Waals surface area contributed by atoms with E-state index in [9.17, 15) is 18.3 Å². The normalized spacial score (nSPS) is 13.6. The Morgan fingerprint density at radius 2 is 1.95 bits per heavy atom. The van der Waals surface area contributed by atoms with Crippen LogP contribution in [0.5, 0.6) is 0 Å². The summed E-state index contributed by atoms with van der Waals surface area (Å²) in [5.41, 5.74) is 0.650. The van der Waals surface area contributed by atoms with E-state index in [2.05, 4.69) is 4.74 Å². The topological polar surface area (TPSA) is 29.5 Å². The van der Waals surface area contributed by atoms with Gasteiger partial charge in [-0.15, -0.1) is 0 Å². The maximum atomic E-state index is 11.8. The van der Waals surface area contributed by atoms with Crippen LogP contribution in [-0.4, -0.2) is 30.6 Å². The zero-order valence-corrected chi connectivity index (χ0v) is 11.4. The number of benzene rings is 1. The number of aliphatic hydroxyl groups is 1. The lowest BCUT2D eigenvalue weighted by Crippen LogP contribution is -2.20. The Labute approximate surface area is 119 Å². The molecule has 1 aromatic rings. The molecule has 1 atom stereocenters. The van der Waals surface area contributed by atoms with Gasteiger partial charge in [-0.1, -0.05) is 23.2 Å². The summed E-state index contributed by atoms with van der Waals surface area (Å²) in [6, 6.07) is 4.84. The van der Waals surface area contributed by atoms with Crippen molar-refractivity contribution in [2.24, 2.45) is 0 Å². The van der Waals surface area contributed by atoms with E-state index in [1.54, 1.807) is 18.2 Å². The van der Waals surface area contributed by atoms with Crippen molar-refractivity contribution in [3.8, 4) is 0 Å². The molecule has 0 radical (unpaired) electrons. The van der Waals surface area contributed by atoms with Crippen LogP contribution < -0.4 is 0 Å². The third-order valence-corrected chi connectivity index (χ3v) is 2.93. The maximum Gasteiger partial charge on any atom is 0.411 e. The van der Waals surface area contributed by atoms with Crippen LogP contribution in [0.25, 0.3) is 0 Å². The summed E-state index contributed by atoms with van der Waals surface area (Å²) in [7, 11) is 0. The zero-order chi connectivity index (χ0) is 14.5. The molecule has 0 aromatic heterocycles. The minimum Gasteiger partial charge on any atom is -0.393 e. The van der Waals surface area contributed by atoms with Crippen LogP contribution in [0.4, 0.5) is 13.2 Å². The summed E-state index contributed by atoms with van der Waals surface area (Å²) in [6.07, 6.45) is -4.86. The second-order valence-electron chi connectivity index (χ2n) is 4.05. The van der Waals surface area contributed by atoms with Gasteiger partial charge in [-0.05, 0) is 36.6 Å². The second-order valence-corrected chi connectivity index (χ2v) is 4.89. The third kappa shape index (κ3) is 7.01. The van der Waals surface area contributed by atoms with E-state index in [0.29, 0.717) is 15.6 Å². The van der Waals surface area contributed by atoms with Gasteiger partial charge in [0.15, 0.2) is 0 Å². The summed E-state index contributed by atoms with van der Waals surface area (Å²) in [5.74, 6) is 0. The number of hydrogen-bond donors (Lipinski definition) is 1. The fourth-order valence-electron chi connectivity index (χ4n) is 1.46. The Kier molecular flexibility index (Phi) is 6.39. The molecular formula is C12H13Cl2F3O2. The fourth-order valence-corrected chi connectivity index (χ4v) is 1.85. The van der Waals surface area contributed by atoms with Gasteiger partial charge in [0.2, 0.25) is 0 Å². The largest absolute Gasteiger partial charge is 0.411 e. The van der Waals surface area contributed by atoms with Gasteiger partial charge in [-0.25, -0.2) is 0 Å². The monoisotopic (exact) mass is 316 g/mol. The molecule has 108 valence electrons. The van der Waals surface area contributed by atoms with Crippen LogP contribution in [-0.2, 0) is 11.2 Å². The molecule has 1 rings (SSSR count). The van der Waals surface area contributed by atoms with Gasteiger partial charge in [0.1, 0.15) is 6.61 Å². The van der Waals surface area contributed by atoms with Crippen molar-refractivity contribution in [2.45, 2.75) is 25.1 Å². The molecule has 0 fully saturated rings. The maximum absolute atomic E-state index is 11.8. The number of halogens is 5. The highest BCUT2D eigenvalue weighted by Crippen LogP contribution is 2.22. The summed E-state index contributed by atoms with van der Waals surface area (Å²) in [5, 5.41) is 10.6. The third-order valence-electron chi connectivity index (χ3n) is 2.32. The van der Waals surface area contributed by atoms with E-state index in [4.69, 9.17) is 23.2 Å². The highest BCUT2D eigenvalue weighted by Gasteiger charge is 2.27. The first kappa shape index (κ1) is 16.6. The molecule has 0 amide bonds. The Morgan fingerprint density at radius 1 is 1.26 bits per heavy atom. The quantitative estimate of drug-likeness (QED) is 0.807. The van der Waals surface area contributed by atoms with Gasteiger partial charge in [0, 0.05) is 16.7 Å². The Balaban J connectivity index is 2.35. The SMILES string of the molecule is OC(CCOCC(F)(F)F)Cc1cc(Cl)ccc1Cl. The van der Waals surface area contributed by atoms with Crippen molar-refractivity contribution in [3.63, 3.8) is 0 Å². The first-order valence-corrected chi connectivity index (χ1v) is 6.30. The van der Waals surface area contributed by atoms with E-state index in [1.165, 1.54) is 0 Å². The van der Waals surface area contributed by atoms with Crippen LogP contribution in [0, 0.1) is 0 Å². The van der Waals surface area contributed by atoms with Gasteiger partial charge in [0.25, 0.3) is 0 Å². The van der Waals surface area contributed by atoms with Crippen LogP contribution in [0.15, 0.2) is 18.2 Å².